The van der Waals surface area contributed by atoms with Gasteiger partial charge in [0, 0.05) is 18.2 Å². The molecule has 0 spiro atoms. The Kier molecular flexibility index (Phi) is 4.31. The van der Waals surface area contributed by atoms with E-state index in [4.69, 9.17) is 0 Å². The molecule has 15 heavy (non-hydrogen) atoms. The Bertz CT molecular complexity index is 334. The lowest BCUT2D eigenvalue weighted by molar-refractivity contribution is -0.118. The van der Waals surface area contributed by atoms with Gasteiger partial charge >= 0.3 is 0 Å². The van der Waals surface area contributed by atoms with Crippen LogP contribution in [0, 0.1) is 5.92 Å². The summed E-state index contributed by atoms with van der Waals surface area (Å²) < 4.78 is 0. The zero-order chi connectivity index (χ0) is 11.3. The van der Waals surface area contributed by atoms with E-state index in [1.165, 1.54) is 5.56 Å². The minimum Gasteiger partial charge on any atom is -0.326 e. The molecule has 0 atom stereocenters. The largest absolute Gasteiger partial charge is 0.326 e. The summed E-state index contributed by atoms with van der Waals surface area (Å²) in [7, 11) is 1.90. The normalized spacial score (nSPS) is 10.4. The molecule has 3 nitrogen and oxygen atoms in total. The topological polar surface area (TPSA) is 41.1 Å². The quantitative estimate of drug-likeness (QED) is 0.791. The van der Waals surface area contributed by atoms with E-state index < -0.39 is 0 Å². The highest BCUT2D eigenvalue weighted by molar-refractivity contribution is 5.92. The minimum atomic E-state index is 0.0120. The Balaban J connectivity index is 2.69. The van der Waals surface area contributed by atoms with Gasteiger partial charge in [0.1, 0.15) is 0 Å². The van der Waals surface area contributed by atoms with Crippen molar-refractivity contribution in [1.82, 2.24) is 5.32 Å². The molecule has 0 aliphatic rings. The Morgan fingerprint density at radius 2 is 2.13 bits per heavy atom. The first-order valence-electron chi connectivity index (χ1n) is 5.18. The molecule has 1 aromatic carbocycles. The van der Waals surface area contributed by atoms with E-state index in [2.05, 4.69) is 10.6 Å². The van der Waals surface area contributed by atoms with Crippen molar-refractivity contribution in [2.75, 3.05) is 12.4 Å². The first-order valence-corrected chi connectivity index (χ1v) is 5.18. The van der Waals surface area contributed by atoms with E-state index in [1.54, 1.807) is 0 Å². The summed E-state index contributed by atoms with van der Waals surface area (Å²) >= 11 is 0. The molecule has 0 aliphatic carbocycles. The zero-order valence-corrected chi connectivity index (χ0v) is 9.50. The number of hydrogen-bond acceptors (Lipinski definition) is 2. The number of rotatable bonds is 4. The number of anilines is 1. The molecule has 0 saturated carbocycles. The molecular weight excluding hydrogens is 188 g/mol. The van der Waals surface area contributed by atoms with Crippen molar-refractivity contribution in [3.05, 3.63) is 29.8 Å². The molecule has 1 rings (SSSR count). The van der Waals surface area contributed by atoms with E-state index >= 15 is 0 Å². The molecule has 0 bridgehead atoms. The van der Waals surface area contributed by atoms with Crippen LogP contribution >= 0.6 is 0 Å². The monoisotopic (exact) mass is 206 g/mol. The van der Waals surface area contributed by atoms with Crippen molar-refractivity contribution in [3.63, 3.8) is 0 Å². The molecule has 3 heteroatoms. The lowest BCUT2D eigenvalue weighted by atomic mass is 10.1. The van der Waals surface area contributed by atoms with Gasteiger partial charge in [0.15, 0.2) is 0 Å². The van der Waals surface area contributed by atoms with E-state index in [-0.39, 0.29) is 11.8 Å². The van der Waals surface area contributed by atoms with E-state index in [0.717, 1.165) is 12.2 Å². The summed E-state index contributed by atoms with van der Waals surface area (Å²) in [4.78, 5) is 11.5. The highest BCUT2D eigenvalue weighted by Gasteiger charge is 2.06. The van der Waals surface area contributed by atoms with Crippen LogP contribution in [0.2, 0.25) is 0 Å². The average Bonchev–Trinajstić information content (AvgIpc) is 2.18. The summed E-state index contributed by atoms with van der Waals surface area (Å²) in [6, 6.07) is 7.86. The van der Waals surface area contributed by atoms with Gasteiger partial charge in [0.2, 0.25) is 5.91 Å². The second kappa shape index (κ2) is 5.51. The minimum absolute atomic E-state index is 0.0120. The van der Waals surface area contributed by atoms with Gasteiger partial charge in [-0.2, -0.15) is 0 Å². The van der Waals surface area contributed by atoms with Crippen molar-refractivity contribution in [3.8, 4) is 0 Å². The Labute approximate surface area is 90.9 Å². The molecule has 0 aliphatic heterocycles. The third kappa shape index (κ3) is 3.72. The fourth-order valence-corrected chi connectivity index (χ4v) is 1.25. The van der Waals surface area contributed by atoms with Gasteiger partial charge in [0.25, 0.3) is 0 Å². The van der Waals surface area contributed by atoms with Gasteiger partial charge in [-0.3, -0.25) is 4.79 Å². The predicted molar refractivity (Wildman–Crippen MR) is 62.7 cm³/mol. The Hall–Kier alpha value is -1.35. The number of carbonyl (C=O) groups is 1. The first kappa shape index (κ1) is 11.7. The number of hydrogen-bond donors (Lipinski definition) is 2. The molecule has 82 valence electrons. The average molecular weight is 206 g/mol. The maximum atomic E-state index is 11.5. The van der Waals surface area contributed by atoms with Crippen LogP contribution in [0.5, 0.6) is 0 Å². The summed E-state index contributed by atoms with van der Waals surface area (Å²) in [5.41, 5.74) is 2.03. The number of carbonyl (C=O) groups excluding carboxylic acids is 1. The second-order valence-corrected chi connectivity index (χ2v) is 3.87. The van der Waals surface area contributed by atoms with Crippen molar-refractivity contribution < 1.29 is 4.79 Å². The van der Waals surface area contributed by atoms with Crippen molar-refractivity contribution >= 4 is 11.6 Å². The van der Waals surface area contributed by atoms with Crippen LogP contribution in [0.15, 0.2) is 24.3 Å². The summed E-state index contributed by atoms with van der Waals surface area (Å²) in [5.74, 6) is 0.0644. The van der Waals surface area contributed by atoms with Gasteiger partial charge in [-0.25, -0.2) is 0 Å². The molecule has 1 aromatic rings. The predicted octanol–water partition coefficient (Wildman–Crippen LogP) is 2.00. The molecule has 0 radical (unpaired) electrons. The van der Waals surface area contributed by atoms with Crippen LogP contribution in [-0.4, -0.2) is 13.0 Å². The smallest absolute Gasteiger partial charge is 0.226 e. The highest BCUT2D eigenvalue weighted by atomic mass is 16.1. The number of benzene rings is 1. The van der Waals surface area contributed by atoms with Crippen LogP contribution in [0.1, 0.15) is 19.4 Å². The molecule has 0 heterocycles. The Morgan fingerprint density at radius 3 is 2.73 bits per heavy atom. The molecule has 0 saturated heterocycles. The molecule has 0 aromatic heterocycles. The SMILES string of the molecule is CNCc1cccc(NC(=O)C(C)C)c1. The molecule has 1 amide bonds. The van der Waals surface area contributed by atoms with Crippen molar-refractivity contribution in [2.45, 2.75) is 20.4 Å². The number of amides is 1. The second-order valence-electron chi connectivity index (χ2n) is 3.87. The van der Waals surface area contributed by atoms with E-state index in [1.807, 2.05) is 45.2 Å². The van der Waals surface area contributed by atoms with Gasteiger partial charge in [0.05, 0.1) is 0 Å². The molecular formula is C12H18N2O. The molecule has 2 N–H and O–H groups in total. The standard InChI is InChI=1S/C12H18N2O/c1-9(2)12(15)14-11-6-4-5-10(7-11)8-13-3/h4-7,9,13H,8H2,1-3H3,(H,14,15). The van der Waals surface area contributed by atoms with Crippen LogP contribution < -0.4 is 10.6 Å². The van der Waals surface area contributed by atoms with E-state index in [9.17, 15) is 4.79 Å². The van der Waals surface area contributed by atoms with Gasteiger partial charge in [-0.05, 0) is 24.7 Å². The fourth-order valence-electron chi connectivity index (χ4n) is 1.25. The lowest BCUT2D eigenvalue weighted by Gasteiger charge is -2.09. The summed E-state index contributed by atoms with van der Waals surface area (Å²) in [5, 5.41) is 5.95. The van der Waals surface area contributed by atoms with Crippen molar-refractivity contribution in [2.24, 2.45) is 5.92 Å². The molecule has 0 unspecified atom stereocenters. The first-order chi connectivity index (χ1) is 7.13. The van der Waals surface area contributed by atoms with Crippen LogP contribution in [0.3, 0.4) is 0 Å². The van der Waals surface area contributed by atoms with Crippen LogP contribution in [-0.2, 0) is 11.3 Å². The van der Waals surface area contributed by atoms with Crippen molar-refractivity contribution in [1.29, 1.82) is 0 Å². The lowest BCUT2D eigenvalue weighted by Crippen LogP contribution is -2.17. The number of nitrogens with one attached hydrogen (secondary N) is 2. The highest BCUT2D eigenvalue weighted by Crippen LogP contribution is 2.11. The van der Waals surface area contributed by atoms with Gasteiger partial charge in [-0.15, -0.1) is 0 Å². The summed E-state index contributed by atoms with van der Waals surface area (Å²) in [6.07, 6.45) is 0. The fraction of sp³-hybridized carbons (Fsp3) is 0.417. The third-order valence-electron chi connectivity index (χ3n) is 2.10. The maximum absolute atomic E-state index is 11.5. The zero-order valence-electron chi connectivity index (χ0n) is 9.50. The maximum Gasteiger partial charge on any atom is 0.226 e. The third-order valence-corrected chi connectivity index (χ3v) is 2.10. The Morgan fingerprint density at radius 1 is 1.40 bits per heavy atom. The van der Waals surface area contributed by atoms with Gasteiger partial charge in [-0.1, -0.05) is 26.0 Å². The van der Waals surface area contributed by atoms with Crippen LogP contribution in [0.25, 0.3) is 0 Å². The summed E-state index contributed by atoms with van der Waals surface area (Å²) in [6.45, 7) is 4.57. The van der Waals surface area contributed by atoms with Gasteiger partial charge < -0.3 is 10.6 Å². The molecule has 0 fully saturated rings. The van der Waals surface area contributed by atoms with E-state index in [0.29, 0.717) is 0 Å². The van der Waals surface area contributed by atoms with Crippen LogP contribution in [0.4, 0.5) is 5.69 Å².